The number of nitrogens with zero attached hydrogens (tertiary/aromatic N) is 1. The van der Waals surface area contributed by atoms with Crippen molar-refractivity contribution >= 4 is 28.8 Å². The Morgan fingerprint density at radius 3 is 2.52 bits per heavy atom. The minimum atomic E-state index is -0.122. The molecule has 4 nitrogen and oxygen atoms in total. The normalized spacial score (nSPS) is 10.9. The van der Waals surface area contributed by atoms with Crippen LogP contribution in [0.3, 0.4) is 0 Å². The van der Waals surface area contributed by atoms with Crippen molar-refractivity contribution in [2.24, 2.45) is 0 Å². The number of carbonyl (C=O) groups is 1. The van der Waals surface area contributed by atoms with Crippen LogP contribution in [0.2, 0.25) is 0 Å². The second kappa shape index (κ2) is 8.97. The summed E-state index contributed by atoms with van der Waals surface area (Å²) >= 11 is 1.70. The van der Waals surface area contributed by atoms with E-state index in [1.54, 1.807) is 23.9 Å². The Hall–Kier alpha value is -3.05. The fourth-order valence-electron chi connectivity index (χ4n) is 3.14. The molecular formula is C24H22N2O2S. The summed E-state index contributed by atoms with van der Waals surface area (Å²) in [6.45, 7) is 0.490. The minimum Gasteiger partial charge on any atom is -0.441 e. The third-order valence-electron chi connectivity index (χ3n) is 4.78. The van der Waals surface area contributed by atoms with E-state index in [1.807, 2.05) is 42.7 Å². The highest BCUT2D eigenvalue weighted by atomic mass is 32.2. The molecule has 0 atom stereocenters. The summed E-state index contributed by atoms with van der Waals surface area (Å²) in [7, 11) is 0. The Bertz CT molecular complexity index is 1100. The molecule has 3 aromatic carbocycles. The van der Waals surface area contributed by atoms with E-state index in [-0.39, 0.29) is 5.91 Å². The Morgan fingerprint density at radius 2 is 1.76 bits per heavy atom. The van der Waals surface area contributed by atoms with Crippen molar-refractivity contribution in [3.8, 4) is 0 Å². The van der Waals surface area contributed by atoms with Crippen LogP contribution in [-0.4, -0.2) is 17.1 Å². The van der Waals surface area contributed by atoms with Crippen molar-refractivity contribution in [1.29, 1.82) is 0 Å². The lowest BCUT2D eigenvalue weighted by Gasteiger charge is -2.06. The number of hydrogen-bond donors (Lipinski definition) is 1. The Kier molecular flexibility index (Phi) is 5.96. The van der Waals surface area contributed by atoms with E-state index >= 15 is 0 Å². The van der Waals surface area contributed by atoms with Gasteiger partial charge in [0.2, 0.25) is 0 Å². The first-order valence-electron chi connectivity index (χ1n) is 9.56. The van der Waals surface area contributed by atoms with Gasteiger partial charge in [-0.15, -0.1) is 11.8 Å². The van der Waals surface area contributed by atoms with Crippen molar-refractivity contribution in [2.45, 2.75) is 24.3 Å². The molecule has 0 unspecified atom stereocenters. The molecule has 1 heterocycles. The molecule has 29 heavy (non-hydrogen) atoms. The minimum absolute atomic E-state index is 0.122. The van der Waals surface area contributed by atoms with Crippen LogP contribution in [0.4, 0.5) is 0 Å². The number of carbonyl (C=O) groups excluding carboxylic acids is 1. The zero-order valence-corrected chi connectivity index (χ0v) is 17.0. The van der Waals surface area contributed by atoms with Crippen LogP contribution in [0, 0.1) is 0 Å². The average molecular weight is 403 g/mol. The number of aromatic nitrogens is 1. The number of nitrogens with one attached hydrogen (secondary N) is 1. The number of rotatable bonds is 7. The first-order chi connectivity index (χ1) is 14.2. The molecule has 0 saturated carbocycles. The second-order valence-corrected chi connectivity index (χ2v) is 7.69. The molecule has 4 rings (SSSR count). The standard InChI is InChI=1S/C24H22N2O2S/c1-29-20-11-7-18(8-12-20)16-25-24(27)19-10-13-21-22(15-19)28-23(26-21)14-9-17-5-3-2-4-6-17/h2-8,10-13,15H,9,14,16H2,1H3,(H,25,27). The summed E-state index contributed by atoms with van der Waals surface area (Å²) in [4.78, 5) is 18.3. The third-order valence-corrected chi connectivity index (χ3v) is 5.52. The number of fused-ring (bicyclic) bond motifs is 1. The predicted octanol–water partition coefficient (Wildman–Crippen LogP) is 5.26. The fraction of sp³-hybridized carbons (Fsp3) is 0.167. The Labute approximate surface area is 174 Å². The van der Waals surface area contributed by atoms with E-state index in [9.17, 15) is 4.79 Å². The highest BCUT2D eigenvalue weighted by Crippen LogP contribution is 2.19. The summed E-state index contributed by atoms with van der Waals surface area (Å²) in [5, 5.41) is 2.96. The molecule has 1 N–H and O–H groups in total. The molecule has 0 fully saturated rings. The van der Waals surface area contributed by atoms with Gasteiger partial charge in [-0.1, -0.05) is 42.5 Å². The van der Waals surface area contributed by atoms with Crippen molar-refractivity contribution < 1.29 is 9.21 Å². The van der Waals surface area contributed by atoms with Gasteiger partial charge in [0, 0.05) is 23.4 Å². The van der Waals surface area contributed by atoms with Crippen molar-refractivity contribution in [1.82, 2.24) is 10.3 Å². The lowest BCUT2D eigenvalue weighted by molar-refractivity contribution is 0.0951. The zero-order chi connectivity index (χ0) is 20.1. The van der Waals surface area contributed by atoms with Gasteiger partial charge >= 0.3 is 0 Å². The van der Waals surface area contributed by atoms with Gasteiger partial charge in [0.25, 0.3) is 5.91 Å². The molecule has 5 heteroatoms. The number of benzene rings is 3. The summed E-state index contributed by atoms with van der Waals surface area (Å²) in [6, 6.07) is 23.8. The first kappa shape index (κ1) is 19.3. The Morgan fingerprint density at radius 1 is 0.966 bits per heavy atom. The van der Waals surface area contributed by atoms with E-state index in [4.69, 9.17) is 4.42 Å². The molecule has 0 radical (unpaired) electrons. The molecular weight excluding hydrogens is 380 g/mol. The highest BCUT2D eigenvalue weighted by molar-refractivity contribution is 7.98. The van der Waals surface area contributed by atoms with E-state index in [1.165, 1.54) is 10.5 Å². The molecule has 0 aliphatic carbocycles. The molecule has 146 valence electrons. The summed E-state index contributed by atoms with van der Waals surface area (Å²) in [6.07, 6.45) is 3.64. The number of hydrogen-bond acceptors (Lipinski definition) is 4. The van der Waals surface area contributed by atoms with E-state index in [2.05, 4.69) is 34.6 Å². The van der Waals surface area contributed by atoms with Crippen LogP contribution in [-0.2, 0) is 19.4 Å². The quantitative estimate of drug-likeness (QED) is 0.428. The lowest BCUT2D eigenvalue weighted by atomic mass is 10.1. The second-order valence-electron chi connectivity index (χ2n) is 6.81. The van der Waals surface area contributed by atoms with Crippen molar-refractivity contribution in [3.05, 3.63) is 95.4 Å². The smallest absolute Gasteiger partial charge is 0.251 e. The van der Waals surface area contributed by atoms with Gasteiger partial charge in [-0.3, -0.25) is 4.79 Å². The van der Waals surface area contributed by atoms with E-state index in [0.29, 0.717) is 23.6 Å². The van der Waals surface area contributed by atoms with Crippen molar-refractivity contribution in [3.63, 3.8) is 0 Å². The number of aryl methyl sites for hydroxylation is 2. The first-order valence-corrected chi connectivity index (χ1v) is 10.8. The fourth-order valence-corrected chi connectivity index (χ4v) is 3.55. The predicted molar refractivity (Wildman–Crippen MR) is 117 cm³/mol. The molecule has 4 aromatic rings. The number of amides is 1. The monoisotopic (exact) mass is 402 g/mol. The zero-order valence-electron chi connectivity index (χ0n) is 16.2. The Balaban J connectivity index is 1.40. The van der Waals surface area contributed by atoms with Crippen LogP contribution >= 0.6 is 11.8 Å². The number of oxazole rings is 1. The van der Waals surface area contributed by atoms with Gasteiger partial charge in [0.1, 0.15) is 5.52 Å². The molecule has 0 aliphatic rings. The van der Waals surface area contributed by atoms with Gasteiger partial charge in [0.05, 0.1) is 0 Å². The maximum absolute atomic E-state index is 12.5. The molecule has 0 bridgehead atoms. The topological polar surface area (TPSA) is 55.1 Å². The van der Waals surface area contributed by atoms with Crippen LogP contribution in [0.15, 0.2) is 82.1 Å². The van der Waals surface area contributed by atoms with Gasteiger partial charge in [-0.05, 0) is 54.1 Å². The lowest BCUT2D eigenvalue weighted by Crippen LogP contribution is -2.22. The van der Waals surface area contributed by atoms with Gasteiger partial charge in [-0.2, -0.15) is 0 Å². The van der Waals surface area contributed by atoms with Crippen LogP contribution in [0.1, 0.15) is 27.4 Å². The van der Waals surface area contributed by atoms with Crippen LogP contribution in [0.5, 0.6) is 0 Å². The van der Waals surface area contributed by atoms with E-state index in [0.717, 1.165) is 23.9 Å². The van der Waals surface area contributed by atoms with Gasteiger partial charge < -0.3 is 9.73 Å². The van der Waals surface area contributed by atoms with Gasteiger partial charge in [0.15, 0.2) is 11.5 Å². The van der Waals surface area contributed by atoms with Gasteiger partial charge in [-0.25, -0.2) is 4.98 Å². The highest BCUT2D eigenvalue weighted by Gasteiger charge is 2.11. The molecule has 1 amide bonds. The van der Waals surface area contributed by atoms with Crippen LogP contribution in [0.25, 0.3) is 11.1 Å². The van der Waals surface area contributed by atoms with Crippen molar-refractivity contribution in [2.75, 3.05) is 6.26 Å². The third kappa shape index (κ3) is 4.87. The number of thioether (sulfide) groups is 1. The van der Waals surface area contributed by atoms with E-state index < -0.39 is 0 Å². The summed E-state index contributed by atoms with van der Waals surface area (Å²) in [5.74, 6) is 0.568. The molecule has 1 aromatic heterocycles. The maximum Gasteiger partial charge on any atom is 0.251 e. The summed E-state index contributed by atoms with van der Waals surface area (Å²) in [5.41, 5.74) is 4.31. The molecule has 0 spiro atoms. The summed E-state index contributed by atoms with van der Waals surface area (Å²) < 4.78 is 5.88. The largest absolute Gasteiger partial charge is 0.441 e. The maximum atomic E-state index is 12.5. The SMILES string of the molecule is CSc1ccc(CNC(=O)c2ccc3nc(CCc4ccccc4)oc3c2)cc1. The molecule has 0 saturated heterocycles. The van der Waals surface area contributed by atoms with Crippen LogP contribution < -0.4 is 5.32 Å². The average Bonchev–Trinajstić information content (AvgIpc) is 3.19. The molecule has 0 aliphatic heterocycles.